The van der Waals surface area contributed by atoms with E-state index in [1.54, 1.807) is 6.07 Å². The molecule has 0 spiro atoms. The second-order valence-corrected chi connectivity index (χ2v) is 2.90. The summed E-state index contributed by atoms with van der Waals surface area (Å²) in [4.78, 5) is 0. The summed E-state index contributed by atoms with van der Waals surface area (Å²) in [6.45, 7) is 0. The van der Waals surface area contributed by atoms with Gasteiger partial charge in [-0.3, -0.25) is 0 Å². The van der Waals surface area contributed by atoms with Gasteiger partial charge in [-0.15, -0.1) is 0 Å². The molecule has 0 heterocycles. The van der Waals surface area contributed by atoms with Crippen molar-refractivity contribution in [1.82, 2.24) is 0 Å². The van der Waals surface area contributed by atoms with E-state index in [-0.39, 0.29) is 6.04 Å². The Bertz CT molecular complexity index is 304. The van der Waals surface area contributed by atoms with E-state index in [4.69, 9.17) is 22.6 Å². The molecule has 2 N–H and O–H groups in total. The molecule has 0 amide bonds. The monoisotopic (exact) mass is 180 g/mol. The van der Waals surface area contributed by atoms with Gasteiger partial charge in [0.25, 0.3) is 0 Å². The van der Waals surface area contributed by atoms with Crippen LogP contribution in [0.25, 0.3) is 0 Å². The first-order valence-electron chi connectivity index (χ1n) is 3.62. The third-order valence-corrected chi connectivity index (χ3v) is 1.96. The Morgan fingerprint density at radius 3 is 2.75 bits per heavy atom. The molecule has 0 saturated carbocycles. The molecule has 1 unspecified atom stereocenters. The van der Waals surface area contributed by atoms with Gasteiger partial charge in [0.15, 0.2) is 0 Å². The van der Waals surface area contributed by atoms with Gasteiger partial charge in [0.2, 0.25) is 0 Å². The average molecular weight is 181 g/mol. The predicted molar refractivity (Wildman–Crippen MR) is 48.6 cm³/mol. The van der Waals surface area contributed by atoms with Gasteiger partial charge >= 0.3 is 0 Å². The number of hydrogen-bond donors (Lipinski definition) is 1. The molecule has 1 rings (SSSR count). The highest BCUT2D eigenvalue weighted by Crippen LogP contribution is 2.22. The van der Waals surface area contributed by atoms with Crippen LogP contribution in [0.1, 0.15) is 18.0 Å². The summed E-state index contributed by atoms with van der Waals surface area (Å²) in [5, 5.41) is 9.04. The van der Waals surface area contributed by atoms with Crippen LogP contribution in [0.2, 0.25) is 5.02 Å². The second-order valence-electron chi connectivity index (χ2n) is 2.49. The number of nitriles is 1. The molecule has 1 aromatic rings. The van der Waals surface area contributed by atoms with Crippen molar-refractivity contribution in [3.8, 4) is 6.07 Å². The molecule has 12 heavy (non-hydrogen) atoms. The SMILES string of the molecule is N#CCC(N)c1ccccc1Cl. The fourth-order valence-corrected chi connectivity index (χ4v) is 1.26. The topological polar surface area (TPSA) is 49.8 Å². The molecule has 0 bridgehead atoms. The standard InChI is InChI=1S/C9H9ClN2/c10-8-4-2-1-3-7(8)9(12)5-6-11/h1-4,9H,5,12H2. The summed E-state index contributed by atoms with van der Waals surface area (Å²) >= 11 is 5.87. The summed E-state index contributed by atoms with van der Waals surface area (Å²) in [6.07, 6.45) is 0.295. The minimum absolute atomic E-state index is 0.274. The van der Waals surface area contributed by atoms with Crippen LogP contribution < -0.4 is 5.73 Å². The third-order valence-electron chi connectivity index (χ3n) is 1.62. The molecular formula is C9H9ClN2. The van der Waals surface area contributed by atoms with Gasteiger partial charge in [-0.25, -0.2) is 0 Å². The molecule has 0 radical (unpaired) electrons. The lowest BCUT2D eigenvalue weighted by Gasteiger charge is -2.08. The van der Waals surface area contributed by atoms with E-state index >= 15 is 0 Å². The zero-order valence-electron chi connectivity index (χ0n) is 6.50. The van der Waals surface area contributed by atoms with E-state index in [1.807, 2.05) is 24.3 Å². The van der Waals surface area contributed by atoms with E-state index in [2.05, 4.69) is 0 Å². The molecule has 2 nitrogen and oxygen atoms in total. The Hall–Kier alpha value is -1.04. The minimum Gasteiger partial charge on any atom is -0.323 e. The van der Waals surface area contributed by atoms with Gasteiger partial charge < -0.3 is 5.73 Å². The molecule has 0 aromatic heterocycles. The number of rotatable bonds is 2. The van der Waals surface area contributed by atoms with Crippen molar-refractivity contribution >= 4 is 11.6 Å². The maximum Gasteiger partial charge on any atom is 0.0641 e. The molecule has 62 valence electrons. The molecule has 0 aliphatic rings. The van der Waals surface area contributed by atoms with E-state index < -0.39 is 0 Å². The van der Waals surface area contributed by atoms with Crippen LogP contribution in [0, 0.1) is 11.3 Å². The zero-order chi connectivity index (χ0) is 8.97. The predicted octanol–water partition coefficient (Wildman–Crippen LogP) is 2.25. The van der Waals surface area contributed by atoms with Crippen molar-refractivity contribution in [1.29, 1.82) is 5.26 Å². The van der Waals surface area contributed by atoms with Crippen molar-refractivity contribution in [2.45, 2.75) is 12.5 Å². The molecule has 0 aliphatic carbocycles. The molecule has 1 atom stereocenters. The first-order chi connectivity index (χ1) is 5.75. The van der Waals surface area contributed by atoms with E-state index in [0.29, 0.717) is 11.4 Å². The maximum atomic E-state index is 8.42. The van der Waals surface area contributed by atoms with Crippen molar-refractivity contribution in [2.75, 3.05) is 0 Å². The van der Waals surface area contributed by atoms with Crippen molar-refractivity contribution in [3.05, 3.63) is 34.9 Å². The Morgan fingerprint density at radius 1 is 1.50 bits per heavy atom. The van der Waals surface area contributed by atoms with Gasteiger partial charge in [0.1, 0.15) is 0 Å². The molecule has 0 saturated heterocycles. The van der Waals surface area contributed by atoms with Gasteiger partial charge in [-0.1, -0.05) is 29.8 Å². The Morgan fingerprint density at radius 2 is 2.17 bits per heavy atom. The van der Waals surface area contributed by atoms with E-state index in [1.165, 1.54) is 0 Å². The summed E-state index contributed by atoms with van der Waals surface area (Å²) < 4.78 is 0. The largest absolute Gasteiger partial charge is 0.323 e. The number of hydrogen-bond acceptors (Lipinski definition) is 2. The normalized spacial score (nSPS) is 12.1. The van der Waals surface area contributed by atoms with Crippen molar-refractivity contribution in [2.24, 2.45) is 5.73 Å². The smallest absolute Gasteiger partial charge is 0.0641 e. The number of benzene rings is 1. The quantitative estimate of drug-likeness (QED) is 0.759. The molecule has 1 aromatic carbocycles. The molecule has 0 fully saturated rings. The summed E-state index contributed by atoms with van der Waals surface area (Å²) in [5.74, 6) is 0. The van der Waals surface area contributed by atoms with Crippen LogP contribution in [0.15, 0.2) is 24.3 Å². The Balaban J connectivity index is 2.88. The third kappa shape index (κ3) is 1.97. The zero-order valence-corrected chi connectivity index (χ0v) is 7.25. The number of nitrogens with two attached hydrogens (primary N) is 1. The van der Waals surface area contributed by atoms with Crippen LogP contribution in [0.4, 0.5) is 0 Å². The highest BCUT2D eigenvalue weighted by atomic mass is 35.5. The Labute approximate surface area is 76.6 Å². The lowest BCUT2D eigenvalue weighted by molar-refractivity contribution is 0.749. The fourth-order valence-electron chi connectivity index (χ4n) is 0.984. The van der Waals surface area contributed by atoms with Gasteiger partial charge in [0, 0.05) is 11.1 Å². The molecule has 0 aliphatic heterocycles. The number of nitrogens with zero attached hydrogens (tertiary/aromatic N) is 1. The Kier molecular flexibility index (Phi) is 3.09. The van der Waals surface area contributed by atoms with Crippen molar-refractivity contribution < 1.29 is 0 Å². The lowest BCUT2D eigenvalue weighted by atomic mass is 10.1. The van der Waals surface area contributed by atoms with Crippen LogP contribution in [-0.2, 0) is 0 Å². The first kappa shape index (κ1) is 9.05. The maximum absolute atomic E-state index is 8.42. The lowest BCUT2D eigenvalue weighted by Crippen LogP contribution is -2.09. The van der Waals surface area contributed by atoms with Gasteiger partial charge in [0.05, 0.1) is 12.5 Å². The van der Waals surface area contributed by atoms with Crippen LogP contribution in [0.3, 0.4) is 0 Å². The number of halogens is 1. The highest BCUT2D eigenvalue weighted by Gasteiger charge is 2.07. The summed E-state index contributed by atoms with van der Waals surface area (Å²) in [5.41, 5.74) is 6.53. The van der Waals surface area contributed by atoms with Gasteiger partial charge in [-0.05, 0) is 11.6 Å². The van der Waals surface area contributed by atoms with E-state index in [9.17, 15) is 0 Å². The van der Waals surface area contributed by atoms with Crippen LogP contribution in [-0.4, -0.2) is 0 Å². The molecular weight excluding hydrogens is 172 g/mol. The summed E-state index contributed by atoms with van der Waals surface area (Å²) in [6, 6.07) is 9.04. The average Bonchev–Trinajstić information content (AvgIpc) is 2.05. The van der Waals surface area contributed by atoms with E-state index in [0.717, 1.165) is 5.56 Å². The highest BCUT2D eigenvalue weighted by molar-refractivity contribution is 6.31. The van der Waals surface area contributed by atoms with Gasteiger partial charge in [-0.2, -0.15) is 5.26 Å². The van der Waals surface area contributed by atoms with Crippen LogP contribution >= 0.6 is 11.6 Å². The molecule has 3 heteroatoms. The van der Waals surface area contributed by atoms with Crippen molar-refractivity contribution in [3.63, 3.8) is 0 Å². The minimum atomic E-state index is -0.274. The second kappa shape index (κ2) is 4.10. The van der Waals surface area contributed by atoms with Crippen LogP contribution in [0.5, 0.6) is 0 Å². The fraction of sp³-hybridized carbons (Fsp3) is 0.222. The summed E-state index contributed by atoms with van der Waals surface area (Å²) in [7, 11) is 0. The first-order valence-corrected chi connectivity index (χ1v) is 4.00.